The molecule has 0 saturated carbocycles. The van der Waals surface area contributed by atoms with Gasteiger partial charge in [-0.3, -0.25) is 4.79 Å². The van der Waals surface area contributed by atoms with E-state index in [0.717, 1.165) is 0 Å². The molecule has 0 radical (unpaired) electrons. The van der Waals surface area contributed by atoms with E-state index in [1.807, 2.05) is 13.8 Å². The van der Waals surface area contributed by atoms with Gasteiger partial charge in [-0.2, -0.15) is 5.10 Å². The van der Waals surface area contributed by atoms with E-state index in [-0.39, 0.29) is 11.9 Å². The summed E-state index contributed by atoms with van der Waals surface area (Å²) in [4.78, 5) is 12.5. The molecule has 1 atom stereocenters. The summed E-state index contributed by atoms with van der Waals surface area (Å²) in [6.07, 6.45) is 1.65. The molecular formula is C17H23ClN4O3. The molecule has 25 heavy (non-hydrogen) atoms. The maximum atomic E-state index is 12.5. The van der Waals surface area contributed by atoms with E-state index in [1.54, 1.807) is 43.1 Å². The minimum atomic E-state index is -0.520. The van der Waals surface area contributed by atoms with Gasteiger partial charge in [-0.05, 0) is 26.8 Å². The lowest BCUT2D eigenvalue weighted by atomic mass is 10.2. The third kappa shape index (κ3) is 4.36. The number of rotatable bonds is 7. The van der Waals surface area contributed by atoms with Crippen LogP contribution in [-0.4, -0.2) is 35.9 Å². The van der Waals surface area contributed by atoms with Crippen molar-refractivity contribution >= 4 is 29.0 Å². The van der Waals surface area contributed by atoms with Gasteiger partial charge in [0.05, 0.1) is 31.1 Å². The largest absolute Gasteiger partial charge is 0.495 e. The van der Waals surface area contributed by atoms with Gasteiger partial charge in [0.15, 0.2) is 0 Å². The molecule has 8 heteroatoms. The van der Waals surface area contributed by atoms with Crippen LogP contribution in [0.1, 0.15) is 26.8 Å². The van der Waals surface area contributed by atoms with Crippen molar-refractivity contribution in [3.8, 4) is 11.5 Å². The highest BCUT2D eigenvalue weighted by atomic mass is 35.5. The van der Waals surface area contributed by atoms with Crippen LogP contribution in [0.3, 0.4) is 0 Å². The molecule has 7 nitrogen and oxygen atoms in total. The third-order valence-corrected chi connectivity index (χ3v) is 3.95. The number of halogens is 1. The summed E-state index contributed by atoms with van der Waals surface area (Å²) in [5, 5.41) is 10.6. The van der Waals surface area contributed by atoms with Gasteiger partial charge in [-0.15, -0.1) is 0 Å². The summed E-state index contributed by atoms with van der Waals surface area (Å²) in [6.45, 7) is 5.74. The van der Waals surface area contributed by atoms with E-state index in [9.17, 15) is 4.79 Å². The van der Waals surface area contributed by atoms with Crippen LogP contribution in [0.5, 0.6) is 11.5 Å². The van der Waals surface area contributed by atoms with Crippen LogP contribution < -0.4 is 20.1 Å². The maximum absolute atomic E-state index is 12.5. The van der Waals surface area contributed by atoms with Gasteiger partial charge >= 0.3 is 0 Å². The zero-order valence-electron chi connectivity index (χ0n) is 15.0. The molecule has 0 aliphatic rings. The first-order chi connectivity index (χ1) is 11.9. The second-order valence-electron chi connectivity index (χ2n) is 5.80. The predicted molar refractivity (Wildman–Crippen MR) is 98.9 cm³/mol. The number of methoxy groups -OCH3 is 2. The Balaban J connectivity index is 2.13. The van der Waals surface area contributed by atoms with Crippen LogP contribution in [0.15, 0.2) is 24.4 Å². The molecule has 0 fully saturated rings. The summed E-state index contributed by atoms with van der Waals surface area (Å²) in [6, 6.07) is 4.72. The average Bonchev–Trinajstić information content (AvgIpc) is 3.03. The van der Waals surface area contributed by atoms with Crippen LogP contribution >= 0.6 is 11.6 Å². The number of amides is 1. The Bertz CT molecular complexity index is 745. The molecule has 0 bridgehead atoms. The first-order valence-corrected chi connectivity index (χ1v) is 8.27. The fourth-order valence-electron chi connectivity index (χ4n) is 2.33. The zero-order valence-corrected chi connectivity index (χ0v) is 15.7. The third-order valence-electron chi connectivity index (χ3n) is 3.65. The highest BCUT2D eigenvalue weighted by molar-refractivity contribution is 6.32. The number of anilines is 2. The van der Waals surface area contributed by atoms with Crippen LogP contribution in [0.4, 0.5) is 11.5 Å². The molecule has 136 valence electrons. The number of nitrogens with zero attached hydrogens (tertiary/aromatic N) is 2. The monoisotopic (exact) mass is 366 g/mol. The number of hydrogen-bond acceptors (Lipinski definition) is 5. The van der Waals surface area contributed by atoms with Gasteiger partial charge in [0.25, 0.3) is 0 Å². The lowest BCUT2D eigenvalue weighted by Gasteiger charge is -2.19. The number of carbonyl (C=O) groups excluding carboxylic acids is 1. The molecule has 1 aromatic carbocycles. The van der Waals surface area contributed by atoms with Crippen molar-refractivity contribution in [3.63, 3.8) is 0 Å². The molecule has 2 rings (SSSR count). The average molecular weight is 367 g/mol. The normalized spacial score (nSPS) is 12.0. The molecule has 2 aromatic rings. The van der Waals surface area contributed by atoms with E-state index in [1.165, 1.54) is 7.11 Å². The molecule has 1 amide bonds. The van der Waals surface area contributed by atoms with Crippen LogP contribution in [-0.2, 0) is 4.79 Å². The van der Waals surface area contributed by atoms with Gasteiger partial charge in [0.1, 0.15) is 23.4 Å². The zero-order chi connectivity index (χ0) is 18.6. The fraction of sp³-hybridized carbons (Fsp3) is 0.412. The second-order valence-corrected chi connectivity index (χ2v) is 6.20. The van der Waals surface area contributed by atoms with Crippen LogP contribution in [0.25, 0.3) is 0 Å². The van der Waals surface area contributed by atoms with Gasteiger partial charge in [0.2, 0.25) is 5.91 Å². The molecule has 1 heterocycles. The standard InChI is InChI=1S/C17H23ClN4O3/c1-10(2)22-16(6-7-19-22)21-17(23)11(3)20-13-8-12(18)14(24-4)9-15(13)25-5/h6-11,20H,1-5H3,(H,21,23)/t11-/m1/s1. The Morgan fingerprint density at radius 1 is 1.20 bits per heavy atom. The molecule has 0 spiro atoms. The van der Waals surface area contributed by atoms with E-state index >= 15 is 0 Å². The minimum Gasteiger partial charge on any atom is -0.495 e. The van der Waals surface area contributed by atoms with Crippen molar-refractivity contribution in [3.05, 3.63) is 29.4 Å². The Labute approximate surface area is 152 Å². The number of aromatic nitrogens is 2. The number of ether oxygens (including phenoxy) is 2. The second kappa shape index (κ2) is 8.11. The number of nitrogens with one attached hydrogen (secondary N) is 2. The van der Waals surface area contributed by atoms with E-state index in [0.29, 0.717) is 28.0 Å². The Kier molecular flexibility index (Phi) is 6.14. The van der Waals surface area contributed by atoms with Crippen molar-refractivity contribution in [1.82, 2.24) is 9.78 Å². The van der Waals surface area contributed by atoms with Crippen LogP contribution in [0.2, 0.25) is 5.02 Å². The van der Waals surface area contributed by atoms with E-state index in [2.05, 4.69) is 15.7 Å². The van der Waals surface area contributed by atoms with Gasteiger partial charge in [-0.1, -0.05) is 11.6 Å². The number of benzene rings is 1. The summed E-state index contributed by atoms with van der Waals surface area (Å²) in [5.41, 5.74) is 0.605. The molecule has 0 unspecified atom stereocenters. The van der Waals surface area contributed by atoms with Gasteiger partial charge in [0, 0.05) is 18.2 Å². The molecule has 1 aromatic heterocycles. The maximum Gasteiger partial charge on any atom is 0.247 e. The van der Waals surface area contributed by atoms with E-state index in [4.69, 9.17) is 21.1 Å². The fourth-order valence-corrected chi connectivity index (χ4v) is 2.57. The van der Waals surface area contributed by atoms with Crippen molar-refractivity contribution in [2.24, 2.45) is 0 Å². The Hall–Kier alpha value is -2.41. The van der Waals surface area contributed by atoms with E-state index < -0.39 is 6.04 Å². The Morgan fingerprint density at radius 3 is 2.48 bits per heavy atom. The Morgan fingerprint density at radius 2 is 1.88 bits per heavy atom. The van der Waals surface area contributed by atoms with Gasteiger partial charge in [-0.25, -0.2) is 4.68 Å². The summed E-state index contributed by atoms with van der Waals surface area (Å²) in [7, 11) is 3.07. The number of hydrogen-bond donors (Lipinski definition) is 2. The number of carbonyl (C=O) groups is 1. The van der Waals surface area contributed by atoms with Crippen molar-refractivity contribution in [1.29, 1.82) is 0 Å². The minimum absolute atomic E-state index is 0.147. The summed E-state index contributed by atoms with van der Waals surface area (Å²) >= 11 is 6.16. The highest BCUT2D eigenvalue weighted by Crippen LogP contribution is 2.36. The lowest BCUT2D eigenvalue weighted by Crippen LogP contribution is -2.33. The smallest absolute Gasteiger partial charge is 0.247 e. The first kappa shape index (κ1) is 18.9. The molecule has 0 aliphatic carbocycles. The summed E-state index contributed by atoms with van der Waals surface area (Å²) in [5.74, 6) is 1.49. The molecule has 0 saturated heterocycles. The highest BCUT2D eigenvalue weighted by Gasteiger charge is 2.18. The first-order valence-electron chi connectivity index (χ1n) is 7.89. The molecule has 2 N–H and O–H groups in total. The van der Waals surface area contributed by atoms with Gasteiger partial charge < -0.3 is 20.1 Å². The van der Waals surface area contributed by atoms with Crippen molar-refractivity contribution < 1.29 is 14.3 Å². The van der Waals surface area contributed by atoms with Crippen molar-refractivity contribution in [2.75, 3.05) is 24.9 Å². The molecule has 0 aliphatic heterocycles. The summed E-state index contributed by atoms with van der Waals surface area (Å²) < 4.78 is 12.3. The lowest BCUT2D eigenvalue weighted by molar-refractivity contribution is -0.116. The molecular weight excluding hydrogens is 344 g/mol. The van der Waals surface area contributed by atoms with Crippen LogP contribution in [0, 0.1) is 0 Å². The SMILES string of the molecule is COc1cc(OC)c(N[C@H](C)C(=O)Nc2ccnn2C(C)C)cc1Cl. The topological polar surface area (TPSA) is 77.4 Å². The van der Waals surface area contributed by atoms with Crippen molar-refractivity contribution in [2.45, 2.75) is 32.9 Å². The quantitative estimate of drug-likeness (QED) is 0.783. The predicted octanol–water partition coefficient (Wildman–Crippen LogP) is 3.57.